The molecule has 0 aromatic carbocycles. The quantitative estimate of drug-likeness (QED) is 0.333. The van der Waals surface area contributed by atoms with Crippen molar-refractivity contribution in [1.29, 1.82) is 0 Å². The molecule has 0 saturated heterocycles. The van der Waals surface area contributed by atoms with Gasteiger partial charge in [0.15, 0.2) is 0 Å². The van der Waals surface area contributed by atoms with E-state index in [1.807, 2.05) is 0 Å². The minimum absolute atomic E-state index is 0. The molecule has 0 N–H and O–H groups in total. The van der Waals surface area contributed by atoms with E-state index < -0.39 is 0 Å². The second-order valence-electron chi connectivity index (χ2n) is 0. The summed E-state index contributed by atoms with van der Waals surface area (Å²) >= 11 is 0. The smallest absolute Gasteiger partial charge is 0 e. The molecule has 0 radical (unpaired) electrons. The van der Waals surface area contributed by atoms with Crippen LogP contribution in [-0.4, -0.2) is 0 Å². The van der Waals surface area contributed by atoms with Crippen molar-refractivity contribution in [3.05, 3.63) is 0 Å². The summed E-state index contributed by atoms with van der Waals surface area (Å²) in [6.07, 6.45) is 0. The van der Waals surface area contributed by atoms with Crippen molar-refractivity contribution in [3.63, 3.8) is 0 Å². The van der Waals surface area contributed by atoms with E-state index in [0.717, 1.165) is 0 Å². The minimum atomic E-state index is 0. The second kappa shape index (κ2) is 82.5. The Bertz CT molecular complexity index is 8.81. The van der Waals surface area contributed by atoms with Crippen LogP contribution in [0.2, 0.25) is 0 Å². The predicted molar refractivity (Wildman–Crippen MR) is 0 cm³/mol. The normalized spacial score (nSPS) is 0. The van der Waals surface area contributed by atoms with Crippen LogP contribution in [0.1, 0.15) is 0 Å². The SMILES string of the molecule is [Fe].[Fe].[Fe].[Zn].[Zn].[Zn].[Zn].[Zn].[Zn].[Zn]. The fraction of sp³-hybridized carbons (Fsp3) is 0. The van der Waals surface area contributed by atoms with Crippen LogP contribution in [0.25, 0.3) is 0 Å². The molecule has 0 nitrogen and oxygen atoms in total. The average Bonchev–Trinajstić information content (AvgIpc) is 0. The summed E-state index contributed by atoms with van der Waals surface area (Å²) in [5.74, 6) is 0. The first-order valence-electron chi connectivity index (χ1n) is 0. The maximum Gasteiger partial charge on any atom is 0 e. The molecule has 0 aliphatic rings. The van der Waals surface area contributed by atoms with E-state index in [1.165, 1.54) is 0 Å². The Morgan fingerprint density at radius 3 is 0.200 bits per heavy atom. The van der Waals surface area contributed by atoms with Gasteiger partial charge in [0.2, 0.25) is 0 Å². The third-order valence-corrected chi connectivity index (χ3v) is 0. The van der Waals surface area contributed by atoms with Crippen LogP contribution in [0.5, 0.6) is 0 Å². The van der Waals surface area contributed by atoms with Crippen molar-refractivity contribution in [2.75, 3.05) is 0 Å². The van der Waals surface area contributed by atoms with Crippen LogP contribution in [0.15, 0.2) is 0 Å². The molecule has 0 unspecified atom stereocenters. The zero-order valence-corrected chi connectivity index (χ0v) is 30.1. The number of rotatable bonds is 0. The van der Waals surface area contributed by atoms with Crippen molar-refractivity contribution in [1.82, 2.24) is 0 Å². The molecule has 0 aromatic heterocycles. The van der Waals surface area contributed by atoms with Crippen LogP contribution >= 0.6 is 0 Å². The van der Waals surface area contributed by atoms with Gasteiger partial charge < -0.3 is 0 Å². The van der Waals surface area contributed by atoms with Crippen LogP contribution in [0.3, 0.4) is 0 Å². The molecule has 0 aromatic rings. The summed E-state index contributed by atoms with van der Waals surface area (Å²) in [6.45, 7) is 0. The minimum Gasteiger partial charge on any atom is 0 e. The van der Waals surface area contributed by atoms with Gasteiger partial charge in [-0.3, -0.25) is 0 Å². The number of hydrogen-bond acceptors (Lipinski definition) is 0. The molecule has 10 heavy (non-hydrogen) atoms. The van der Waals surface area contributed by atoms with Crippen LogP contribution in [0, 0.1) is 0 Å². The molecule has 0 bridgehead atoms. The van der Waals surface area contributed by atoms with E-state index in [4.69, 9.17) is 0 Å². The predicted octanol–water partition coefficient (Wildman–Crippen LogP) is -0.0250. The molecule has 0 heterocycles. The fourth-order valence-electron chi connectivity index (χ4n) is 0. The Balaban J connectivity index is 0. The Kier molecular flexibility index (Phi) is 834. The zero-order valence-electron chi connectivity index (χ0n) is 6.01. The van der Waals surface area contributed by atoms with Gasteiger partial charge in [0.25, 0.3) is 0 Å². The van der Waals surface area contributed by atoms with Crippen molar-refractivity contribution in [2.45, 2.75) is 0 Å². The molecule has 0 saturated carbocycles. The first kappa shape index (κ1) is 101. The first-order valence-corrected chi connectivity index (χ1v) is 0. The van der Waals surface area contributed by atoms with E-state index in [-0.39, 0.29) is 188 Å². The summed E-state index contributed by atoms with van der Waals surface area (Å²) in [6, 6.07) is 0. The zero-order chi connectivity index (χ0) is 0. The molecule has 0 amide bonds. The van der Waals surface area contributed by atoms with Crippen LogP contribution in [-0.2, 0) is 188 Å². The summed E-state index contributed by atoms with van der Waals surface area (Å²) < 4.78 is 0. The van der Waals surface area contributed by atoms with Crippen molar-refractivity contribution >= 4 is 0 Å². The summed E-state index contributed by atoms with van der Waals surface area (Å²) in [5.41, 5.74) is 0. The van der Waals surface area contributed by atoms with Gasteiger partial charge in [0.05, 0.1) is 0 Å². The van der Waals surface area contributed by atoms with E-state index >= 15 is 0 Å². The molecule has 0 aliphatic carbocycles. The Hall–Kier alpha value is 5.92. The van der Waals surface area contributed by atoms with E-state index in [2.05, 4.69) is 0 Å². The van der Waals surface area contributed by atoms with Gasteiger partial charge >= 0.3 is 0 Å². The molecule has 0 fully saturated rings. The second-order valence-corrected chi connectivity index (χ2v) is 0. The van der Waals surface area contributed by atoms with Gasteiger partial charge in [-0.1, -0.05) is 0 Å². The topological polar surface area (TPSA) is 0 Å². The largest absolute Gasteiger partial charge is 0 e. The fourth-order valence-corrected chi connectivity index (χ4v) is 0. The Morgan fingerprint density at radius 2 is 0.200 bits per heavy atom. The average molecular weight is 625 g/mol. The van der Waals surface area contributed by atoms with Crippen LogP contribution < -0.4 is 0 Å². The molecule has 0 rings (SSSR count). The van der Waals surface area contributed by atoms with Gasteiger partial charge in [0, 0.05) is 188 Å². The van der Waals surface area contributed by atoms with Crippen molar-refractivity contribution in [2.24, 2.45) is 0 Å². The summed E-state index contributed by atoms with van der Waals surface area (Å²) in [4.78, 5) is 0. The van der Waals surface area contributed by atoms with Crippen molar-refractivity contribution in [3.8, 4) is 0 Å². The van der Waals surface area contributed by atoms with Gasteiger partial charge in [-0.2, -0.15) is 0 Å². The molecule has 0 atom stereocenters. The third kappa shape index (κ3) is 66.3. The molecule has 10 heteroatoms. The van der Waals surface area contributed by atoms with Gasteiger partial charge in [0.1, 0.15) is 0 Å². The molecular weight excluding hydrogens is 625 g/mol. The van der Waals surface area contributed by atoms with Gasteiger partial charge in [-0.25, -0.2) is 0 Å². The van der Waals surface area contributed by atoms with E-state index in [9.17, 15) is 0 Å². The Morgan fingerprint density at radius 1 is 0.200 bits per heavy atom. The molecule has 38 valence electrons. The molecule has 0 spiro atoms. The third-order valence-electron chi connectivity index (χ3n) is 0. The maximum absolute atomic E-state index is 0. The molecular formula is Fe3Zn7. The first-order chi connectivity index (χ1) is 0. The number of hydrogen-bond donors (Lipinski definition) is 0. The standard InChI is InChI=1S/3Fe.7Zn. The summed E-state index contributed by atoms with van der Waals surface area (Å²) in [5, 5.41) is 0. The summed E-state index contributed by atoms with van der Waals surface area (Å²) in [7, 11) is 0. The molecule has 0 aliphatic heterocycles. The van der Waals surface area contributed by atoms with Crippen LogP contribution in [0.4, 0.5) is 0 Å². The van der Waals surface area contributed by atoms with Gasteiger partial charge in [-0.15, -0.1) is 0 Å². The van der Waals surface area contributed by atoms with E-state index in [1.54, 1.807) is 0 Å². The monoisotopic (exact) mass is 615 g/mol. The maximum atomic E-state index is 0. The van der Waals surface area contributed by atoms with Crippen molar-refractivity contribution < 1.29 is 188 Å². The Labute approximate surface area is 183 Å². The van der Waals surface area contributed by atoms with Gasteiger partial charge in [-0.05, 0) is 0 Å². The van der Waals surface area contributed by atoms with E-state index in [0.29, 0.717) is 0 Å².